The Bertz CT molecular complexity index is 2510. The van der Waals surface area contributed by atoms with E-state index < -0.39 is 0 Å². The Morgan fingerprint density at radius 1 is 0.304 bits per heavy atom. The molecule has 0 amide bonds. The molecule has 2 heteroatoms. The Morgan fingerprint density at radius 2 is 0.870 bits per heavy atom. The lowest BCUT2D eigenvalue weighted by atomic mass is 9.86. The second-order valence-corrected chi connectivity index (χ2v) is 11.8. The van der Waals surface area contributed by atoms with Crippen molar-refractivity contribution in [2.24, 2.45) is 0 Å². The maximum absolute atomic E-state index is 5.17. The van der Waals surface area contributed by atoms with Crippen molar-refractivity contribution in [3.05, 3.63) is 170 Å². The van der Waals surface area contributed by atoms with E-state index in [9.17, 15) is 0 Å². The van der Waals surface area contributed by atoms with Crippen LogP contribution in [0.4, 0.5) is 0 Å². The summed E-state index contributed by atoms with van der Waals surface area (Å²) in [5.41, 5.74) is 7.45. The van der Waals surface area contributed by atoms with Gasteiger partial charge < -0.3 is 0 Å². The topological polar surface area (TPSA) is 25.8 Å². The van der Waals surface area contributed by atoms with Crippen LogP contribution in [0, 0.1) is 0 Å². The number of nitrogens with zero attached hydrogens (tertiary/aromatic N) is 2. The molecule has 0 atom stereocenters. The summed E-state index contributed by atoms with van der Waals surface area (Å²) in [7, 11) is 0. The SMILES string of the molecule is c1ccc(-c2cc(-c3ccc(-c4c5ccccc5cc5c4ccc4ccccc45)c4ccccc34)nc(-c3ccccc3)n2)cc1. The minimum Gasteiger partial charge on any atom is -0.228 e. The van der Waals surface area contributed by atoms with E-state index in [0.29, 0.717) is 0 Å². The Hall–Kier alpha value is -6.12. The monoisotopic (exact) mass is 584 g/mol. The van der Waals surface area contributed by atoms with E-state index in [1.165, 1.54) is 54.2 Å². The first-order valence-corrected chi connectivity index (χ1v) is 15.7. The third-order valence-corrected chi connectivity index (χ3v) is 9.07. The summed E-state index contributed by atoms with van der Waals surface area (Å²) in [6, 6.07) is 60.4. The van der Waals surface area contributed by atoms with E-state index >= 15 is 0 Å². The molecule has 1 heterocycles. The third kappa shape index (κ3) is 4.35. The quantitative estimate of drug-likeness (QED) is 0.152. The first-order valence-electron chi connectivity index (χ1n) is 15.7. The molecule has 2 nitrogen and oxygen atoms in total. The van der Waals surface area contributed by atoms with Gasteiger partial charge in [0.2, 0.25) is 0 Å². The molecule has 8 aromatic carbocycles. The van der Waals surface area contributed by atoms with Gasteiger partial charge in [-0.15, -0.1) is 0 Å². The smallest absolute Gasteiger partial charge is 0.160 e. The Balaban J connectivity index is 1.33. The molecule has 0 aliphatic rings. The lowest BCUT2D eigenvalue weighted by Crippen LogP contribution is -1.97. The van der Waals surface area contributed by atoms with Crippen LogP contribution in [0.2, 0.25) is 0 Å². The van der Waals surface area contributed by atoms with Gasteiger partial charge in [-0.1, -0.05) is 158 Å². The van der Waals surface area contributed by atoms with Crippen LogP contribution in [0.15, 0.2) is 170 Å². The third-order valence-electron chi connectivity index (χ3n) is 9.07. The van der Waals surface area contributed by atoms with E-state index in [2.05, 4.69) is 146 Å². The van der Waals surface area contributed by atoms with E-state index in [1.807, 2.05) is 24.3 Å². The number of hydrogen-bond donors (Lipinski definition) is 0. The fourth-order valence-electron chi connectivity index (χ4n) is 6.91. The van der Waals surface area contributed by atoms with Crippen molar-refractivity contribution in [3.8, 4) is 45.0 Å². The number of benzene rings is 8. The van der Waals surface area contributed by atoms with Gasteiger partial charge in [0.15, 0.2) is 5.82 Å². The molecule has 214 valence electrons. The maximum Gasteiger partial charge on any atom is 0.160 e. The van der Waals surface area contributed by atoms with Gasteiger partial charge in [-0.2, -0.15) is 0 Å². The Labute approximate surface area is 267 Å². The molecule has 0 aliphatic heterocycles. The highest BCUT2D eigenvalue weighted by Gasteiger charge is 2.18. The summed E-state index contributed by atoms with van der Waals surface area (Å²) in [6.07, 6.45) is 0. The van der Waals surface area contributed by atoms with Crippen LogP contribution in [-0.4, -0.2) is 9.97 Å². The molecule has 1 aromatic heterocycles. The number of hydrogen-bond acceptors (Lipinski definition) is 2. The second-order valence-electron chi connectivity index (χ2n) is 11.8. The van der Waals surface area contributed by atoms with Crippen LogP contribution in [0.5, 0.6) is 0 Å². The molecule has 46 heavy (non-hydrogen) atoms. The molecule has 0 fully saturated rings. The molecule has 0 N–H and O–H groups in total. The average molecular weight is 585 g/mol. The standard InChI is InChI=1S/C44H28N2/c1-3-14-30(15-4-1)41-28-42(46-44(45-41)31-16-5-2-6-17-31)37-25-26-38(36-22-12-11-21-35(36)37)43-34-20-10-8-18-32(34)27-40-33-19-9-7-13-29(33)23-24-39(40)43/h1-28H. The summed E-state index contributed by atoms with van der Waals surface area (Å²) in [4.78, 5) is 10.2. The molecule has 0 bridgehead atoms. The molecule has 0 radical (unpaired) electrons. The highest BCUT2D eigenvalue weighted by Crippen LogP contribution is 2.43. The van der Waals surface area contributed by atoms with Gasteiger partial charge in [0.25, 0.3) is 0 Å². The zero-order valence-corrected chi connectivity index (χ0v) is 25.1. The van der Waals surface area contributed by atoms with Crippen LogP contribution in [-0.2, 0) is 0 Å². The Morgan fingerprint density at radius 3 is 1.63 bits per heavy atom. The summed E-state index contributed by atoms with van der Waals surface area (Å²) in [6.45, 7) is 0. The molecular formula is C44H28N2. The summed E-state index contributed by atoms with van der Waals surface area (Å²) >= 11 is 0. The van der Waals surface area contributed by atoms with Crippen LogP contribution >= 0.6 is 0 Å². The van der Waals surface area contributed by atoms with Gasteiger partial charge >= 0.3 is 0 Å². The number of fused-ring (bicyclic) bond motifs is 5. The first-order chi connectivity index (χ1) is 22.8. The molecule has 9 aromatic rings. The molecular weight excluding hydrogens is 556 g/mol. The van der Waals surface area contributed by atoms with Crippen molar-refractivity contribution in [2.75, 3.05) is 0 Å². The molecule has 0 aliphatic carbocycles. The molecule has 0 unspecified atom stereocenters. The van der Waals surface area contributed by atoms with E-state index in [4.69, 9.17) is 9.97 Å². The summed E-state index contributed by atoms with van der Waals surface area (Å²) < 4.78 is 0. The van der Waals surface area contributed by atoms with Crippen molar-refractivity contribution < 1.29 is 0 Å². The minimum atomic E-state index is 0.719. The van der Waals surface area contributed by atoms with Gasteiger partial charge in [0.1, 0.15) is 0 Å². The first kappa shape index (κ1) is 26.3. The van der Waals surface area contributed by atoms with Crippen molar-refractivity contribution in [1.29, 1.82) is 0 Å². The van der Waals surface area contributed by atoms with Gasteiger partial charge in [0, 0.05) is 16.7 Å². The zero-order chi connectivity index (χ0) is 30.5. The zero-order valence-electron chi connectivity index (χ0n) is 25.1. The van der Waals surface area contributed by atoms with E-state index in [1.54, 1.807) is 0 Å². The minimum absolute atomic E-state index is 0.719. The highest BCUT2D eigenvalue weighted by molar-refractivity contribution is 6.22. The Kier molecular flexibility index (Phi) is 6.17. The van der Waals surface area contributed by atoms with Crippen LogP contribution in [0.1, 0.15) is 0 Å². The van der Waals surface area contributed by atoms with Gasteiger partial charge in [-0.25, -0.2) is 9.97 Å². The van der Waals surface area contributed by atoms with Crippen molar-refractivity contribution in [3.63, 3.8) is 0 Å². The number of aromatic nitrogens is 2. The maximum atomic E-state index is 5.17. The van der Waals surface area contributed by atoms with Gasteiger partial charge in [0.05, 0.1) is 11.4 Å². The summed E-state index contributed by atoms with van der Waals surface area (Å²) in [5, 5.41) is 9.92. The van der Waals surface area contributed by atoms with Gasteiger partial charge in [-0.05, 0) is 66.3 Å². The van der Waals surface area contributed by atoms with Crippen molar-refractivity contribution in [1.82, 2.24) is 9.97 Å². The fourth-order valence-corrected chi connectivity index (χ4v) is 6.91. The van der Waals surface area contributed by atoms with Crippen LogP contribution in [0.25, 0.3) is 88.1 Å². The van der Waals surface area contributed by atoms with E-state index in [0.717, 1.165) is 33.9 Å². The molecule has 0 saturated carbocycles. The highest BCUT2D eigenvalue weighted by atomic mass is 14.9. The normalized spacial score (nSPS) is 11.5. The van der Waals surface area contributed by atoms with E-state index in [-0.39, 0.29) is 0 Å². The molecule has 0 spiro atoms. The predicted octanol–water partition coefficient (Wildman–Crippen LogP) is 11.8. The predicted molar refractivity (Wildman–Crippen MR) is 194 cm³/mol. The average Bonchev–Trinajstić information content (AvgIpc) is 3.14. The van der Waals surface area contributed by atoms with Crippen LogP contribution < -0.4 is 0 Å². The second kappa shape index (κ2) is 10.8. The lowest BCUT2D eigenvalue weighted by molar-refractivity contribution is 1.18. The largest absolute Gasteiger partial charge is 0.228 e. The van der Waals surface area contributed by atoms with Gasteiger partial charge in [-0.3, -0.25) is 0 Å². The fraction of sp³-hybridized carbons (Fsp3) is 0. The molecule has 0 saturated heterocycles. The molecule has 9 rings (SSSR count). The number of rotatable bonds is 4. The van der Waals surface area contributed by atoms with Crippen molar-refractivity contribution in [2.45, 2.75) is 0 Å². The van der Waals surface area contributed by atoms with Crippen molar-refractivity contribution >= 4 is 43.1 Å². The van der Waals surface area contributed by atoms with Crippen LogP contribution in [0.3, 0.4) is 0 Å². The summed E-state index contributed by atoms with van der Waals surface area (Å²) in [5.74, 6) is 0.719. The lowest BCUT2D eigenvalue weighted by Gasteiger charge is -2.17.